The average molecular weight is 236 g/mol. The first-order chi connectivity index (χ1) is 8.17. The van der Waals surface area contributed by atoms with E-state index in [4.69, 9.17) is 5.11 Å². The van der Waals surface area contributed by atoms with Gasteiger partial charge >= 0.3 is 5.97 Å². The predicted octanol–water partition coefficient (Wildman–Crippen LogP) is -0.850. The van der Waals surface area contributed by atoms with Crippen LogP contribution in [0.4, 0.5) is 0 Å². The molecular formula is C11H12N2O4. The van der Waals surface area contributed by atoms with Crippen LogP contribution in [0.25, 0.3) is 0 Å². The van der Waals surface area contributed by atoms with Gasteiger partial charge in [-0.2, -0.15) is 5.10 Å². The number of carbonyl (C=O) groups is 1. The van der Waals surface area contributed by atoms with Gasteiger partial charge in [0.25, 0.3) is 5.56 Å². The molecular weight excluding hydrogens is 224 g/mol. The fourth-order valence-electron chi connectivity index (χ4n) is 1.11. The van der Waals surface area contributed by atoms with Gasteiger partial charge in [0, 0.05) is 6.07 Å². The highest BCUT2D eigenvalue weighted by molar-refractivity contribution is 5.68. The molecule has 0 saturated carbocycles. The van der Waals surface area contributed by atoms with E-state index in [0.717, 1.165) is 4.68 Å². The number of hydrogen-bond donors (Lipinski definition) is 1. The molecule has 0 aromatic carbocycles. The van der Waals surface area contributed by atoms with Crippen molar-refractivity contribution in [3.63, 3.8) is 0 Å². The molecule has 0 atom stereocenters. The summed E-state index contributed by atoms with van der Waals surface area (Å²) in [6.07, 6.45) is 1.49. The van der Waals surface area contributed by atoms with Gasteiger partial charge in [0.1, 0.15) is 6.61 Å². The number of esters is 1. The van der Waals surface area contributed by atoms with E-state index in [0.29, 0.717) is 5.56 Å². The number of hydrogen-bond acceptors (Lipinski definition) is 5. The van der Waals surface area contributed by atoms with Crippen molar-refractivity contribution in [3.8, 4) is 11.8 Å². The number of aliphatic hydroxyl groups is 1. The van der Waals surface area contributed by atoms with Crippen molar-refractivity contribution < 1.29 is 14.6 Å². The van der Waals surface area contributed by atoms with Gasteiger partial charge in [-0.15, -0.1) is 0 Å². The molecule has 0 fully saturated rings. The van der Waals surface area contributed by atoms with E-state index in [1.54, 1.807) is 0 Å². The Morgan fingerprint density at radius 2 is 2.41 bits per heavy atom. The highest BCUT2D eigenvalue weighted by Gasteiger charge is 2.03. The Balaban J connectivity index is 2.76. The molecule has 0 saturated heterocycles. The van der Waals surface area contributed by atoms with Gasteiger partial charge in [0.15, 0.2) is 0 Å². The predicted molar refractivity (Wildman–Crippen MR) is 59.1 cm³/mol. The van der Waals surface area contributed by atoms with Crippen LogP contribution in [0.15, 0.2) is 17.1 Å². The number of aromatic nitrogens is 2. The summed E-state index contributed by atoms with van der Waals surface area (Å²) < 4.78 is 5.61. The minimum absolute atomic E-state index is 0.0884. The van der Waals surface area contributed by atoms with Crippen LogP contribution in [0, 0.1) is 11.8 Å². The quantitative estimate of drug-likeness (QED) is 0.546. The van der Waals surface area contributed by atoms with Crippen LogP contribution >= 0.6 is 0 Å². The molecule has 0 aliphatic rings. The number of carbonyl (C=O) groups excluding carboxylic acids is 1. The SMILES string of the molecule is COC(=O)CCn1ncc(C#CCO)cc1=O. The summed E-state index contributed by atoms with van der Waals surface area (Å²) >= 11 is 0. The lowest BCUT2D eigenvalue weighted by Gasteiger charge is -2.02. The van der Waals surface area contributed by atoms with Gasteiger partial charge in [-0.05, 0) is 0 Å². The Labute approximate surface area is 97.8 Å². The zero-order valence-corrected chi connectivity index (χ0v) is 9.34. The smallest absolute Gasteiger partial charge is 0.307 e. The van der Waals surface area contributed by atoms with Crippen LogP contribution in [-0.2, 0) is 16.1 Å². The van der Waals surface area contributed by atoms with Crippen LogP contribution in [0.3, 0.4) is 0 Å². The monoisotopic (exact) mass is 236 g/mol. The molecule has 0 spiro atoms. The van der Waals surface area contributed by atoms with E-state index < -0.39 is 5.97 Å². The van der Waals surface area contributed by atoms with Crippen LogP contribution < -0.4 is 5.56 Å². The van der Waals surface area contributed by atoms with Crippen molar-refractivity contribution >= 4 is 5.97 Å². The number of nitrogens with zero attached hydrogens (tertiary/aromatic N) is 2. The first-order valence-corrected chi connectivity index (χ1v) is 4.91. The van der Waals surface area contributed by atoms with E-state index in [9.17, 15) is 9.59 Å². The van der Waals surface area contributed by atoms with Gasteiger partial charge in [-0.1, -0.05) is 11.8 Å². The molecule has 0 bridgehead atoms. The highest BCUT2D eigenvalue weighted by atomic mass is 16.5. The second-order valence-electron chi connectivity index (χ2n) is 3.09. The third-order valence-electron chi connectivity index (χ3n) is 1.94. The third kappa shape index (κ3) is 4.09. The van der Waals surface area contributed by atoms with E-state index in [1.807, 2.05) is 0 Å². The lowest BCUT2D eigenvalue weighted by molar-refractivity contribution is -0.140. The number of methoxy groups -OCH3 is 1. The summed E-state index contributed by atoms with van der Waals surface area (Å²) in [7, 11) is 1.28. The van der Waals surface area contributed by atoms with Crippen LogP contribution in [0.1, 0.15) is 12.0 Å². The van der Waals surface area contributed by atoms with E-state index in [1.165, 1.54) is 19.4 Å². The number of aliphatic hydroxyl groups excluding tert-OH is 1. The first-order valence-electron chi connectivity index (χ1n) is 4.91. The molecule has 6 heteroatoms. The van der Waals surface area contributed by atoms with E-state index in [-0.39, 0.29) is 25.1 Å². The van der Waals surface area contributed by atoms with Crippen LogP contribution in [0.2, 0.25) is 0 Å². The molecule has 0 aliphatic carbocycles. The molecule has 1 N–H and O–H groups in total. The van der Waals surface area contributed by atoms with Crippen LogP contribution in [0.5, 0.6) is 0 Å². The molecule has 17 heavy (non-hydrogen) atoms. The molecule has 1 aromatic heterocycles. The van der Waals surface area contributed by atoms with Crippen LogP contribution in [-0.4, -0.2) is 34.6 Å². The topological polar surface area (TPSA) is 81.4 Å². The standard InChI is InChI=1S/C11H12N2O4/c1-17-11(16)4-5-13-10(15)7-9(8-12-13)3-2-6-14/h7-8,14H,4-6H2,1H3. The zero-order valence-electron chi connectivity index (χ0n) is 9.34. The number of ether oxygens (including phenoxy) is 1. The van der Waals surface area contributed by atoms with Gasteiger partial charge in [-0.25, -0.2) is 4.68 Å². The number of rotatable bonds is 3. The largest absolute Gasteiger partial charge is 0.469 e. The Bertz CT molecular complexity index is 510. The van der Waals surface area contributed by atoms with Crippen molar-refractivity contribution in [1.29, 1.82) is 0 Å². The average Bonchev–Trinajstić information content (AvgIpc) is 2.34. The van der Waals surface area contributed by atoms with Crippen molar-refractivity contribution in [3.05, 3.63) is 28.2 Å². The van der Waals surface area contributed by atoms with Gasteiger partial charge < -0.3 is 9.84 Å². The summed E-state index contributed by atoms with van der Waals surface area (Å²) in [5.41, 5.74) is 0.0806. The van der Waals surface area contributed by atoms with Gasteiger partial charge in [0.05, 0.1) is 31.8 Å². The second-order valence-corrected chi connectivity index (χ2v) is 3.09. The zero-order chi connectivity index (χ0) is 12.7. The number of aryl methyl sites for hydroxylation is 1. The summed E-state index contributed by atoms with van der Waals surface area (Å²) in [5.74, 6) is 4.58. The lowest BCUT2D eigenvalue weighted by atomic mass is 10.3. The molecule has 1 rings (SSSR count). The van der Waals surface area contributed by atoms with E-state index in [2.05, 4.69) is 21.7 Å². The van der Waals surface area contributed by atoms with E-state index >= 15 is 0 Å². The normalized spacial score (nSPS) is 9.29. The highest BCUT2D eigenvalue weighted by Crippen LogP contribution is 1.91. The molecule has 90 valence electrons. The molecule has 1 aromatic rings. The summed E-state index contributed by atoms with van der Waals surface area (Å²) in [6, 6.07) is 1.30. The Hall–Kier alpha value is -2.13. The van der Waals surface area contributed by atoms with Gasteiger partial charge in [-0.3, -0.25) is 9.59 Å². The molecule has 1 heterocycles. The maximum absolute atomic E-state index is 11.5. The maximum atomic E-state index is 11.5. The lowest BCUT2D eigenvalue weighted by Crippen LogP contribution is -2.23. The fourth-order valence-corrected chi connectivity index (χ4v) is 1.11. The summed E-state index contributed by atoms with van der Waals surface area (Å²) in [6.45, 7) is -0.107. The van der Waals surface area contributed by atoms with Gasteiger partial charge in [0.2, 0.25) is 0 Å². The minimum Gasteiger partial charge on any atom is -0.469 e. The molecule has 0 aliphatic heterocycles. The second kappa shape index (κ2) is 6.45. The molecule has 6 nitrogen and oxygen atoms in total. The Morgan fingerprint density at radius 3 is 3.00 bits per heavy atom. The van der Waals surface area contributed by atoms with Crippen molar-refractivity contribution in [2.24, 2.45) is 0 Å². The Kier molecular flexibility index (Phi) is 4.91. The Morgan fingerprint density at radius 1 is 1.65 bits per heavy atom. The van der Waals surface area contributed by atoms with Crippen molar-refractivity contribution in [2.75, 3.05) is 13.7 Å². The van der Waals surface area contributed by atoms with Crippen molar-refractivity contribution in [2.45, 2.75) is 13.0 Å². The minimum atomic E-state index is -0.400. The molecule has 0 radical (unpaired) electrons. The van der Waals surface area contributed by atoms with Crippen molar-refractivity contribution in [1.82, 2.24) is 9.78 Å². The summed E-state index contributed by atoms with van der Waals surface area (Å²) in [4.78, 5) is 22.4. The first kappa shape index (κ1) is 12.9. The molecule has 0 unspecified atom stereocenters. The molecule has 0 amide bonds. The third-order valence-corrected chi connectivity index (χ3v) is 1.94. The summed E-state index contributed by atoms with van der Waals surface area (Å²) in [5, 5.41) is 12.3. The fraction of sp³-hybridized carbons (Fsp3) is 0.364. The maximum Gasteiger partial charge on any atom is 0.307 e.